The summed E-state index contributed by atoms with van der Waals surface area (Å²) in [5, 5.41) is 3.07. The maximum atomic E-state index is 12.7. The number of hydrogen-bond donors (Lipinski definition) is 1. The summed E-state index contributed by atoms with van der Waals surface area (Å²) in [6.07, 6.45) is -0.112. The molecule has 0 amide bonds. The molecular weight excluding hydrogens is 347 g/mol. The first kappa shape index (κ1) is 18.4. The number of hydrogen-bond acceptors (Lipinski definition) is 5. The van der Waals surface area contributed by atoms with Crippen LogP contribution in [0.2, 0.25) is 0 Å². The third-order valence-electron chi connectivity index (χ3n) is 4.45. The van der Waals surface area contributed by atoms with Crippen LogP contribution in [0.15, 0.2) is 35.5 Å². The fourth-order valence-corrected chi connectivity index (χ4v) is 3.04. The molecule has 0 spiro atoms. The molecule has 140 valence electrons. The molecule has 0 saturated carbocycles. The fraction of sp³-hybridized carbons (Fsp3) is 0.471. The lowest BCUT2D eigenvalue weighted by Gasteiger charge is -2.32. The molecule has 0 radical (unpaired) electrons. The summed E-state index contributed by atoms with van der Waals surface area (Å²) in [5.41, 5.74) is 0.0750. The molecule has 1 saturated heterocycles. The van der Waals surface area contributed by atoms with Crippen LogP contribution in [-0.4, -0.2) is 38.6 Å². The van der Waals surface area contributed by atoms with Gasteiger partial charge < -0.3 is 9.88 Å². The number of pyridine rings is 1. The van der Waals surface area contributed by atoms with Gasteiger partial charge in [0.2, 0.25) is 5.56 Å². The molecule has 2 aromatic heterocycles. The largest absolute Gasteiger partial charge is 0.433 e. The summed E-state index contributed by atoms with van der Waals surface area (Å²) in [6, 6.07) is 4.39. The second kappa shape index (κ2) is 7.45. The summed E-state index contributed by atoms with van der Waals surface area (Å²) in [6.45, 7) is 2.38. The first-order chi connectivity index (χ1) is 12.3. The Morgan fingerprint density at radius 1 is 1.23 bits per heavy atom. The zero-order valence-corrected chi connectivity index (χ0v) is 14.3. The smallest absolute Gasteiger partial charge is 0.367 e. The number of piperidine rings is 1. The summed E-state index contributed by atoms with van der Waals surface area (Å²) in [7, 11) is 1.72. The highest BCUT2D eigenvalue weighted by Crippen LogP contribution is 2.28. The summed E-state index contributed by atoms with van der Waals surface area (Å²) in [5.74, 6) is 0.198. The third kappa shape index (κ3) is 4.60. The number of rotatable bonds is 4. The van der Waals surface area contributed by atoms with Gasteiger partial charge in [-0.1, -0.05) is 6.07 Å². The van der Waals surface area contributed by atoms with E-state index in [0.717, 1.165) is 50.4 Å². The van der Waals surface area contributed by atoms with Gasteiger partial charge in [-0.15, -0.1) is 0 Å². The van der Waals surface area contributed by atoms with E-state index >= 15 is 0 Å². The van der Waals surface area contributed by atoms with Crippen molar-refractivity contribution in [2.24, 2.45) is 7.05 Å². The lowest BCUT2D eigenvalue weighted by molar-refractivity contribution is -0.141. The van der Waals surface area contributed by atoms with Gasteiger partial charge in [0.25, 0.3) is 0 Å². The van der Waals surface area contributed by atoms with Crippen molar-refractivity contribution in [1.82, 2.24) is 19.4 Å². The molecule has 0 unspecified atom stereocenters. The SMILES string of the molecule is Cn1cc(CN2CCC(Nc3cc(C(F)(F)F)ncn3)CC2)ccc1=O. The molecule has 0 bridgehead atoms. The number of aromatic nitrogens is 3. The minimum atomic E-state index is -4.47. The summed E-state index contributed by atoms with van der Waals surface area (Å²) < 4.78 is 39.7. The Kier molecular flexibility index (Phi) is 5.26. The molecular formula is C17H20F3N5O. The monoisotopic (exact) mass is 367 g/mol. The van der Waals surface area contributed by atoms with Crippen molar-refractivity contribution in [3.8, 4) is 0 Å². The van der Waals surface area contributed by atoms with Gasteiger partial charge in [-0.3, -0.25) is 9.69 Å². The zero-order chi connectivity index (χ0) is 18.7. The van der Waals surface area contributed by atoms with E-state index in [1.165, 1.54) is 0 Å². The van der Waals surface area contributed by atoms with Gasteiger partial charge in [0, 0.05) is 51.1 Å². The second-order valence-electron chi connectivity index (χ2n) is 6.47. The van der Waals surface area contributed by atoms with E-state index in [4.69, 9.17) is 0 Å². The number of halogens is 3. The molecule has 1 fully saturated rings. The molecule has 1 aliphatic rings. The van der Waals surface area contributed by atoms with Gasteiger partial charge in [-0.2, -0.15) is 13.2 Å². The maximum absolute atomic E-state index is 12.7. The molecule has 3 heterocycles. The number of anilines is 1. The topological polar surface area (TPSA) is 63.1 Å². The van der Waals surface area contributed by atoms with Crippen molar-refractivity contribution >= 4 is 5.82 Å². The Bertz CT molecular complexity index is 813. The molecule has 3 rings (SSSR count). The van der Waals surface area contributed by atoms with Gasteiger partial charge in [0.05, 0.1) is 0 Å². The van der Waals surface area contributed by atoms with Crippen molar-refractivity contribution in [2.75, 3.05) is 18.4 Å². The minimum absolute atomic E-state index is 0.0419. The molecule has 9 heteroatoms. The lowest BCUT2D eigenvalue weighted by atomic mass is 10.0. The van der Waals surface area contributed by atoms with Crippen LogP contribution in [0.25, 0.3) is 0 Å². The number of nitrogens with zero attached hydrogens (tertiary/aromatic N) is 4. The standard InChI is InChI=1S/C17H20F3N5O/c1-24-9-12(2-3-16(24)26)10-25-6-4-13(5-7-25)23-15-8-14(17(18,19)20)21-11-22-15/h2-3,8-9,11,13H,4-7,10H2,1H3,(H,21,22,23). The predicted molar refractivity (Wildman–Crippen MR) is 90.6 cm³/mol. The first-order valence-corrected chi connectivity index (χ1v) is 8.35. The Hall–Kier alpha value is -2.42. The highest BCUT2D eigenvalue weighted by molar-refractivity contribution is 5.36. The van der Waals surface area contributed by atoms with Crippen LogP contribution in [0.5, 0.6) is 0 Å². The molecule has 0 aliphatic carbocycles. The lowest BCUT2D eigenvalue weighted by Crippen LogP contribution is -2.39. The van der Waals surface area contributed by atoms with E-state index in [1.807, 2.05) is 12.3 Å². The van der Waals surface area contributed by atoms with Crippen molar-refractivity contribution in [2.45, 2.75) is 31.6 Å². The van der Waals surface area contributed by atoms with E-state index in [2.05, 4.69) is 20.2 Å². The van der Waals surface area contributed by atoms with Crippen molar-refractivity contribution in [1.29, 1.82) is 0 Å². The van der Waals surface area contributed by atoms with Crippen molar-refractivity contribution in [3.63, 3.8) is 0 Å². The molecule has 0 aromatic carbocycles. The Labute approximate surface area is 148 Å². The van der Waals surface area contributed by atoms with Crippen LogP contribution in [0.3, 0.4) is 0 Å². The van der Waals surface area contributed by atoms with Crippen LogP contribution in [0.4, 0.5) is 19.0 Å². The molecule has 6 nitrogen and oxygen atoms in total. The van der Waals surface area contributed by atoms with E-state index in [9.17, 15) is 18.0 Å². The van der Waals surface area contributed by atoms with Crippen LogP contribution >= 0.6 is 0 Å². The molecule has 1 aliphatic heterocycles. The van der Waals surface area contributed by atoms with Gasteiger partial charge in [0.15, 0.2) is 0 Å². The van der Waals surface area contributed by atoms with Crippen LogP contribution in [0.1, 0.15) is 24.1 Å². The molecule has 0 atom stereocenters. The van der Waals surface area contributed by atoms with E-state index < -0.39 is 11.9 Å². The maximum Gasteiger partial charge on any atom is 0.433 e. The number of aryl methyl sites for hydroxylation is 1. The van der Waals surface area contributed by atoms with Gasteiger partial charge >= 0.3 is 6.18 Å². The Balaban J connectivity index is 1.54. The Morgan fingerprint density at radius 2 is 1.96 bits per heavy atom. The molecule has 2 aromatic rings. The van der Waals surface area contributed by atoms with E-state index in [0.29, 0.717) is 0 Å². The molecule has 1 N–H and O–H groups in total. The van der Waals surface area contributed by atoms with Gasteiger partial charge in [-0.05, 0) is 18.4 Å². The first-order valence-electron chi connectivity index (χ1n) is 8.35. The van der Waals surface area contributed by atoms with Crippen LogP contribution < -0.4 is 10.9 Å². The number of nitrogens with one attached hydrogen (secondary N) is 1. The summed E-state index contributed by atoms with van der Waals surface area (Å²) >= 11 is 0. The normalized spacial score (nSPS) is 16.6. The predicted octanol–water partition coefficient (Wildman–Crippen LogP) is 2.27. The average molecular weight is 367 g/mol. The third-order valence-corrected chi connectivity index (χ3v) is 4.45. The highest BCUT2D eigenvalue weighted by atomic mass is 19.4. The minimum Gasteiger partial charge on any atom is -0.367 e. The second-order valence-corrected chi connectivity index (χ2v) is 6.47. The number of likely N-dealkylation sites (tertiary alicyclic amines) is 1. The van der Waals surface area contributed by atoms with Crippen LogP contribution in [0, 0.1) is 0 Å². The van der Waals surface area contributed by atoms with Crippen molar-refractivity contribution in [3.05, 3.63) is 52.3 Å². The van der Waals surface area contributed by atoms with E-state index in [-0.39, 0.29) is 17.4 Å². The fourth-order valence-electron chi connectivity index (χ4n) is 3.04. The van der Waals surface area contributed by atoms with Crippen molar-refractivity contribution < 1.29 is 13.2 Å². The number of alkyl halides is 3. The zero-order valence-electron chi connectivity index (χ0n) is 14.3. The van der Waals surface area contributed by atoms with Gasteiger partial charge in [-0.25, -0.2) is 9.97 Å². The highest BCUT2D eigenvalue weighted by Gasteiger charge is 2.33. The molecule has 26 heavy (non-hydrogen) atoms. The van der Waals surface area contributed by atoms with Gasteiger partial charge in [0.1, 0.15) is 17.8 Å². The Morgan fingerprint density at radius 3 is 2.62 bits per heavy atom. The quantitative estimate of drug-likeness (QED) is 0.898. The van der Waals surface area contributed by atoms with Crippen LogP contribution in [-0.2, 0) is 19.8 Å². The average Bonchev–Trinajstić information content (AvgIpc) is 2.59. The summed E-state index contributed by atoms with van der Waals surface area (Å²) in [4.78, 5) is 20.8. The van der Waals surface area contributed by atoms with E-state index in [1.54, 1.807) is 17.7 Å².